The van der Waals surface area contributed by atoms with Crippen molar-refractivity contribution in [3.63, 3.8) is 0 Å². The van der Waals surface area contributed by atoms with E-state index in [0.717, 1.165) is 21.6 Å². The molecule has 1 amide bonds. The monoisotopic (exact) mass is 604 g/mol. The van der Waals surface area contributed by atoms with Crippen molar-refractivity contribution in [2.45, 2.75) is 32.1 Å². The van der Waals surface area contributed by atoms with Gasteiger partial charge in [0.25, 0.3) is 5.78 Å². The SMILES string of the molecule is COc1ccc2nc(N3C(=O)C(=O)/C(=C(\O)c4ccc5c(c4)CC(C)O5)C3c3ccc(OCc4ccccc4)cc3)sc2c1. The molecule has 3 heterocycles. The molecule has 8 nitrogen and oxygen atoms in total. The molecule has 2 unspecified atom stereocenters. The number of aliphatic hydroxyl groups excluding tert-OH is 1. The molecule has 5 aromatic rings. The molecule has 0 spiro atoms. The molecule has 1 aromatic heterocycles. The summed E-state index contributed by atoms with van der Waals surface area (Å²) in [5.74, 6) is 0.262. The van der Waals surface area contributed by atoms with E-state index in [2.05, 4.69) is 0 Å². The molecule has 7 rings (SSSR count). The first-order chi connectivity index (χ1) is 21.4. The Bertz CT molecular complexity index is 1930. The summed E-state index contributed by atoms with van der Waals surface area (Å²) in [7, 11) is 1.58. The lowest BCUT2D eigenvalue weighted by atomic mass is 9.94. The number of rotatable bonds is 7. The summed E-state index contributed by atoms with van der Waals surface area (Å²) in [6.07, 6.45) is 0.710. The van der Waals surface area contributed by atoms with Gasteiger partial charge in [0.05, 0.1) is 28.9 Å². The zero-order valence-corrected chi connectivity index (χ0v) is 24.8. The van der Waals surface area contributed by atoms with Crippen molar-refractivity contribution in [2.75, 3.05) is 12.0 Å². The summed E-state index contributed by atoms with van der Waals surface area (Å²) in [5, 5.41) is 12.0. The second kappa shape index (κ2) is 11.2. The molecule has 2 aliphatic rings. The Balaban J connectivity index is 1.31. The highest BCUT2D eigenvalue weighted by Gasteiger charge is 2.48. The van der Waals surface area contributed by atoms with Gasteiger partial charge in [-0.05, 0) is 72.1 Å². The van der Waals surface area contributed by atoms with Crippen LogP contribution in [0.4, 0.5) is 5.13 Å². The molecule has 1 N–H and O–H groups in total. The van der Waals surface area contributed by atoms with Gasteiger partial charge in [-0.3, -0.25) is 14.5 Å². The first-order valence-electron chi connectivity index (χ1n) is 14.2. The highest BCUT2D eigenvalue weighted by molar-refractivity contribution is 7.22. The van der Waals surface area contributed by atoms with Gasteiger partial charge in [0, 0.05) is 12.0 Å². The minimum absolute atomic E-state index is 0.00305. The van der Waals surface area contributed by atoms with Crippen molar-refractivity contribution >= 4 is 44.1 Å². The molecule has 220 valence electrons. The van der Waals surface area contributed by atoms with Crippen molar-refractivity contribution in [1.29, 1.82) is 0 Å². The van der Waals surface area contributed by atoms with Gasteiger partial charge in [-0.2, -0.15) is 0 Å². The molecular formula is C35H28N2O6S. The second-order valence-electron chi connectivity index (χ2n) is 10.8. The fourth-order valence-corrected chi connectivity index (χ4v) is 6.70. The predicted molar refractivity (Wildman–Crippen MR) is 168 cm³/mol. The number of aromatic nitrogens is 1. The Labute approximate surface area is 257 Å². The lowest BCUT2D eigenvalue weighted by Gasteiger charge is -2.23. The number of fused-ring (bicyclic) bond motifs is 2. The van der Waals surface area contributed by atoms with Crippen LogP contribution < -0.4 is 19.1 Å². The maximum atomic E-state index is 13.7. The first-order valence-corrected chi connectivity index (χ1v) is 15.0. The molecule has 0 bridgehead atoms. The topological polar surface area (TPSA) is 98.2 Å². The van der Waals surface area contributed by atoms with Gasteiger partial charge in [0.15, 0.2) is 5.13 Å². The number of nitrogens with zero attached hydrogens (tertiary/aromatic N) is 2. The highest BCUT2D eigenvalue weighted by Crippen LogP contribution is 2.45. The molecule has 0 radical (unpaired) electrons. The average Bonchev–Trinajstić information content (AvgIpc) is 3.72. The molecule has 2 aliphatic heterocycles. The van der Waals surface area contributed by atoms with E-state index in [4.69, 9.17) is 19.2 Å². The molecule has 1 saturated heterocycles. The Morgan fingerprint density at radius 2 is 1.77 bits per heavy atom. The second-order valence-corrected chi connectivity index (χ2v) is 11.8. The number of hydrogen-bond acceptors (Lipinski definition) is 8. The minimum atomic E-state index is -0.913. The number of aliphatic hydroxyl groups is 1. The predicted octanol–water partition coefficient (Wildman–Crippen LogP) is 6.83. The van der Waals surface area contributed by atoms with Gasteiger partial charge in [-0.15, -0.1) is 0 Å². The number of ether oxygens (including phenoxy) is 3. The molecule has 1 fully saturated rings. The van der Waals surface area contributed by atoms with Crippen LogP contribution in [-0.2, 0) is 22.6 Å². The van der Waals surface area contributed by atoms with Gasteiger partial charge in [-0.1, -0.05) is 53.8 Å². The van der Waals surface area contributed by atoms with E-state index >= 15 is 0 Å². The number of carbonyl (C=O) groups excluding carboxylic acids is 2. The summed E-state index contributed by atoms with van der Waals surface area (Å²) in [6, 6.07) is 26.9. The van der Waals surface area contributed by atoms with Crippen molar-refractivity contribution in [1.82, 2.24) is 4.98 Å². The molecule has 2 atom stereocenters. The summed E-state index contributed by atoms with van der Waals surface area (Å²) in [4.78, 5) is 33.5. The van der Waals surface area contributed by atoms with Crippen LogP contribution in [0.2, 0.25) is 0 Å². The fraction of sp³-hybridized carbons (Fsp3) is 0.171. The lowest BCUT2D eigenvalue weighted by Crippen LogP contribution is -2.29. The van der Waals surface area contributed by atoms with Crippen LogP contribution in [0.5, 0.6) is 17.2 Å². The van der Waals surface area contributed by atoms with Crippen molar-refractivity contribution in [3.05, 3.63) is 119 Å². The Morgan fingerprint density at radius 1 is 1.00 bits per heavy atom. The van der Waals surface area contributed by atoms with Crippen LogP contribution in [0.1, 0.15) is 35.2 Å². The van der Waals surface area contributed by atoms with Crippen LogP contribution in [-0.4, -0.2) is 35.0 Å². The van der Waals surface area contributed by atoms with Crippen LogP contribution in [0.25, 0.3) is 16.0 Å². The maximum Gasteiger partial charge on any atom is 0.301 e. The average molecular weight is 605 g/mol. The lowest BCUT2D eigenvalue weighted by molar-refractivity contribution is -0.132. The molecule has 9 heteroatoms. The van der Waals surface area contributed by atoms with Gasteiger partial charge in [-0.25, -0.2) is 4.98 Å². The molecular weight excluding hydrogens is 576 g/mol. The smallest absolute Gasteiger partial charge is 0.301 e. The summed E-state index contributed by atoms with van der Waals surface area (Å²) in [6.45, 7) is 2.38. The van der Waals surface area contributed by atoms with Crippen molar-refractivity contribution in [3.8, 4) is 17.2 Å². The van der Waals surface area contributed by atoms with Gasteiger partial charge in [0.2, 0.25) is 0 Å². The van der Waals surface area contributed by atoms with E-state index in [9.17, 15) is 14.7 Å². The standard InChI is InChI=1S/C35H28N2O6S/c1-20-16-24-17-23(10-15-28(24)43-20)32(38)30-31(22-8-11-25(12-9-22)42-19-21-6-4-3-5-7-21)37(34(40)33(30)39)35-36-27-14-13-26(41-2)18-29(27)44-35/h3-15,17-18,20,31,38H,16,19H2,1-2H3/b32-30-. The Morgan fingerprint density at radius 3 is 2.55 bits per heavy atom. The number of ketones is 1. The van der Waals surface area contributed by atoms with E-state index in [0.29, 0.717) is 46.3 Å². The normalized spacial score (nSPS) is 18.8. The Hall–Kier alpha value is -5.15. The van der Waals surface area contributed by atoms with Crippen LogP contribution >= 0.6 is 11.3 Å². The number of thiazole rings is 1. The number of Topliss-reactive ketones (excluding diaryl/α,β-unsaturated/α-hetero) is 1. The number of benzene rings is 4. The van der Waals surface area contributed by atoms with E-state index in [1.807, 2.05) is 67.6 Å². The van der Waals surface area contributed by atoms with Crippen molar-refractivity contribution in [2.24, 2.45) is 0 Å². The number of amides is 1. The Kier molecular flexibility index (Phi) is 7.02. The van der Waals surface area contributed by atoms with Crippen molar-refractivity contribution < 1.29 is 28.9 Å². The van der Waals surface area contributed by atoms with E-state index in [1.54, 1.807) is 37.4 Å². The molecule has 0 saturated carbocycles. The summed E-state index contributed by atoms with van der Waals surface area (Å²) in [5.41, 5.74) is 3.72. The number of hydrogen-bond donors (Lipinski definition) is 1. The number of anilines is 1. The summed E-state index contributed by atoms with van der Waals surface area (Å²) < 4.78 is 18.0. The van der Waals surface area contributed by atoms with Gasteiger partial charge in [0.1, 0.15) is 35.7 Å². The van der Waals surface area contributed by atoms with E-state index < -0.39 is 17.7 Å². The van der Waals surface area contributed by atoms with E-state index in [-0.39, 0.29) is 17.4 Å². The first kappa shape index (κ1) is 27.7. The van der Waals surface area contributed by atoms with Crippen LogP contribution in [0.3, 0.4) is 0 Å². The quantitative estimate of drug-likeness (QED) is 0.123. The fourth-order valence-electron chi connectivity index (χ4n) is 5.68. The molecule has 0 aliphatic carbocycles. The zero-order valence-electron chi connectivity index (χ0n) is 24.0. The zero-order chi connectivity index (χ0) is 30.4. The largest absolute Gasteiger partial charge is 0.507 e. The third-order valence-electron chi connectivity index (χ3n) is 7.85. The third kappa shape index (κ3) is 4.95. The maximum absolute atomic E-state index is 13.7. The number of methoxy groups -OCH3 is 1. The summed E-state index contributed by atoms with van der Waals surface area (Å²) >= 11 is 1.28. The minimum Gasteiger partial charge on any atom is -0.507 e. The van der Waals surface area contributed by atoms with Crippen LogP contribution in [0, 0.1) is 0 Å². The third-order valence-corrected chi connectivity index (χ3v) is 8.87. The van der Waals surface area contributed by atoms with Gasteiger partial charge >= 0.3 is 5.91 Å². The molecule has 4 aromatic carbocycles. The van der Waals surface area contributed by atoms with Crippen LogP contribution in [0.15, 0.2) is 96.6 Å². The highest BCUT2D eigenvalue weighted by atomic mass is 32.1. The molecule has 44 heavy (non-hydrogen) atoms. The van der Waals surface area contributed by atoms with E-state index in [1.165, 1.54) is 16.2 Å². The van der Waals surface area contributed by atoms with Gasteiger partial charge < -0.3 is 19.3 Å². The number of carbonyl (C=O) groups is 2.